The number of para-hydroxylation sites is 1. The molecule has 0 fully saturated rings. The zero-order chi connectivity index (χ0) is 12.2. The topological polar surface area (TPSA) is 21.3 Å². The zero-order valence-electron chi connectivity index (χ0n) is 11.0. The smallest absolute Gasteiger partial charge is 0.124 e. The lowest BCUT2D eigenvalue weighted by atomic mass is 10.0. The summed E-state index contributed by atoms with van der Waals surface area (Å²) in [5.41, 5.74) is 1.11. The second-order valence-corrected chi connectivity index (χ2v) is 4.76. The van der Waals surface area contributed by atoms with Crippen LogP contribution in [-0.4, -0.2) is 12.6 Å². The second kappa shape index (κ2) is 5.35. The third kappa shape index (κ3) is 3.24. The molecule has 16 heavy (non-hydrogen) atoms. The predicted molar refractivity (Wildman–Crippen MR) is 68.9 cm³/mol. The van der Waals surface area contributed by atoms with Crippen LogP contribution in [-0.2, 0) is 0 Å². The number of rotatable bonds is 5. The molecule has 0 amide bonds. The Balaban J connectivity index is 2.95. The molecule has 90 valence electrons. The predicted octanol–water partition coefficient (Wildman–Crippen LogP) is 3.53. The number of hydrogen-bond acceptors (Lipinski definition) is 2. The van der Waals surface area contributed by atoms with Crippen molar-refractivity contribution in [3.8, 4) is 5.75 Å². The monoisotopic (exact) mass is 221 g/mol. The minimum Gasteiger partial charge on any atom is -0.488 e. The molecule has 1 aromatic rings. The minimum absolute atomic E-state index is 0.108. The van der Waals surface area contributed by atoms with Crippen LogP contribution in [0.2, 0.25) is 0 Å². The van der Waals surface area contributed by atoms with Gasteiger partial charge in [-0.1, -0.05) is 25.1 Å². The van der Waals surface area contributed by atoms with Crippen LogP contribution in [0.1, 0.15) is 45.7 Å². The molecule has 0 bridgehead atoms. The minimum atomic E-state index is -0.108. The first-order valence-corrected chi connectivity index (χ1v) is 5.95. The third-order valence-corrected chi connectivity index (χ3v) is 3.06. The van der Waals surface area contributed by atoms with Gasteiger partial charge in [-0.05, 0) is 40.3 Å². The number of nitrogens with one attached hydrogen (secondary N) is 1. The fourth-order valence-electron chi connectivity index (χ4n) is 1.46. The van der Waals surface area contributed by atoms with E-state index in [1.165, 1.54) is 5.56 Å². The second-order valence-electron chi connectivity index (χ2n) is 4.76. The standard InChI is InChI=1S/C14H23NO/c1-6-14(3,4)16-13-10-8-7-9-12(13)11(2)15-5/h7-11,15H,6H2,1-5H3. The van der Waals surface area contributed by atoms with Crippen LogP contribution >= 0.6 is 0 Å². The summed E-state index contributed by atoms with van der Waals surface area (Å²) in [6.45, 7) is 8.52. The Morgan fingerprint density at radius 3 is 2.50 bits per heavy atom. The molecule has 0 saturated carbocycles. The van der Waals surface area contributed by atoms with Crippen LogP contribution in [0.25, 0.3) is 0 Å². The molecule has 1 N–H and O–H groups in total. The summed E-state index contributed by atoms with van der Waals surface area (Å²) in [7, 11) is 1.96. The van der Waals surface area contributed by atoms with Crippen molar-refractivity contribution in [1.29, 1.82) is 0 Å². The highest BCUT2D eigenvalue weighted by molar-refractivity contribution is 5.36. The Morgan fingerprint density at radius 1 is 1.31 bits per heavy atom. The fourth-order valence-corrected chi connectivity index (χ4v) is 1.46. The van der Waals surface area contributed by atoms with Crippen LogP contribution in [0.5, 0.6) is 5.75 Å². The molecule has 0 aliphatic heterocycles. The van der Waals surface area contributed by atoms with Crippen molar-refractivity contribution >= 4 is 0 Å². The molecule has 0 radical (unpaired) electrons. The Labute approximate surface area is 99.0 Å². The van der Waals surface area contributed by atoms with Crippen LogP contribution in [0.4, 0.5) is 0 Å². The van der Waals surface area contributed by atoms with E-state index < -0.39 is 0 Å². The molecule has 0 saturated heterocycles. The fraction of sp³-hybridized carbons (Fsp3) is 0.571. The molecule has 1 aromatic carbocycles. The first-order chi connectivity index (χ1) is 7.50. The molecule has 2 nitrogen and oxygen atoms in total. The molecule has 0 aromatic heterocycles. The van der Waals surface area contributed by atoms with Gasteiger partial charge in [0, 0.05) is 11.6 Å². The molecule has 0 aliphatic carbocycles. The average Bonchev–Trinajstić information content (AvgIpc) is 2.28. The van der Waals surface area contributed by atoms with Gasteiger partial charge in [-0.15, -0.1) is 0 Å². The van der Waals surface area contributed by atoms with Crippen molar-refractivity contribution < 1.29 is 4.74 Å². The van der Waals surface area contributed by atoms with Crippen LogP contribution in [0.15, 0.2) is 24.3 Å². The molecule has 0 heterocycles. The quantitative estimate of drug-likeness (QED) is 0.821. The summed E-state index contributed by atoms with van der Waals surface area (Å²) in [5.74, 6) is 0.983. The summed E-state index contributed by atoms with van der Waals surface area (Å²) in [5, 5.41) is 3.25. The summed E-state index contributed by atoms with van der Waals surface area (Å²) in [4.78, 5) is 0. The highest BCUT2D eigenvalue weighted by atomic mass is 16.5. The van der Waals surface area contributed by atoms with E-state index in [-0.39, 0.29) is 5.60 Å². The number of hydrogen-bond donors (Lipinski definition) is 1. The maximum atomic E-state index is 6.07. The molecule has 1 unspecified atom stereocenters. The van der Waals surface area contributed by atoms with Gasteiger partial charge in [-0.3, -0.25) is 0 Å². The first kappa shape index (κ1) is 13.0. The van der Waals surface area contributed by atoms with E-state index in [2.05, 4.69) is 45.1 Å². The van der Waals surface area contributed by atoms with Gasteiger partial charge in [0.2, 0.25) is 0 Å². The van der Waals surface area contributed by atoms with Gasteiger partial charge in [0.1, 0.15) is 11.4 Å². The molecule has 1 rings (SSSR count). The SMILES string of the molecule is CCC(C)(C)Oc1ccccc1C(C)NC. The Hall–Kier alpha value is -1.02. The maximum Gasteiger partial charge on any atom is 0.124 e. The molecule has 0 spiro atoms. The normalized spacial score (nSPS) is 13.6. The van der Waals surface area contributed by atoms with Crippen molar-refractivity contribution in [2.75, 3.05) is 7.05 Å². The molecular weight excluding hydrogens is 198 g/mol. The Morgan fingerprint density at radius 2 is 1.94 bits per heavy atom. The Kier molecular flexibility index (Phi) is 4.36. The van der Waals surface area contributed by atoms with E-state index in [0.717, 1.165) is 12.2 Å². The molecular formula is C14H23NO. The van der Waals surface area contributed by atoms with Gasteiger partial charge < -0.3 is 10.1 Å². The lowest BCUT2D eigenvalue weighted by molar-refractivity contribution is 0.103. The van der Waals surface area contributed by atoms with E-state index in [9.17, 15) is 0 Å². The van der Waals surface area contributed by atoms with E-state index in [1.807, 2.05) is 19.2 Å². The van der Waals surface area contributed by atoms with Crippen LogP contribution in [0.3, 0.4) is 0 Å². The number of benzene rings is 1. The van der Waals surface area contributed by atoms with Crippen molar-refractivity contribution in [3.63, 3.8) is 0 Å². The lowest BCUT2D eigenvalue weighted by Crippen LogP contribution is -2.28. The van der Waals surface area contributed by atoms with E-state index in [1.54, 1.807) is 0 Å². The molecule has 1 atom stereocenters. The zero-order valence-corrected chi connectivity index (χ0v) is 11.0. The molecule has 0 aliphatic rings. The van der Waals surface area contributed by atoms with Crippen molar-refractivity contribution in [3.05, 3.63) is 29.8 Å². The highest BCUT2D eigenvalue weighted by Crippen LogP contribution is 2.28. The van der Waals surface area contributed by atoms with E-state index in [4.69, 9.17) is 4.74 Å². The van der Waals surface area contributed by atoms with Gasteiger partial charge in [0.15, 0.2) is 0 Å². The summed E-state index contributed by atoms with van der Waals surface area (Å²) < 4.78 is 6.07. The van der Waals surface area contributed by atoms with E-state index >= 15 is 0 Å². The van der Waals surface area contributed by atoms with Crippen LogP contribution < -0.4 is 10.1 Å². The van der Waals surface area contributed by atoms with E-state index in [0.29, 0.717) is 6.04 Å². The number of ether oxygens (including phenoxy) is 1. The third-order valence-electron chi connectivity index (χ3n) is 3.06. The van der Waals surface area contributed by atoms with Crippen molar-refractivity contribution in [2.45, 2.75) is 45.8 Å². The average molecular weight is 221 g/mol. The van der Waals surface area contributed by atoms with Gasteiger partial charge in [-0.2, -0.15) is 0 Å². The van der Waals surface area contributed by atoms with Crippen molar-refractivity contribution in [2.24, 2.45) is 0 Å². The van der Waals surface area contributed by atoms with Crippen LogP contribution in [0, 0.1) is 0 Å². The lowest BCUT2D eigenvalue weighted by Gasteiger charge is -2.27. The highest BCUT2D eigenvalue weighted by Gasteiger charge is 2.19. The van der Waals surface area contributed by atoms with Gasteiger partial charge >= 0.3 is 0 Å². The molecule has 2 heteroatoms. The maximum absolute atomic E-state index is 6.07. The largest absolute Gasteiger partial charge is 0.488 e. The van der Waals surface area contributed by atoms with Crippen molar-refractivity contribution in [1.82, 2.24) is 5.32 Å². The summed E-state index contributed by atoms with van der Waals surface area (Å²) in [6, 6.07) is 8.54. The van der Waals surface area contributed by atoms with Gasteiger partial charge in [0.25, 0.3) is 0 Å². The summed E-state index contributed by atoms with van der Waals surface area (Å²) in [6.07, 6.45) is 0.995. The first-order valence-electron chi connectivity index (χ1n) is 5.95. The summed E-state index contributed by atoms with van der Waals surface area (Å²) >= 11 is 0. The van der Waals surface area contributed by atoms with Gasteiger partial charge in [-0.25, -0.2) is 0 Å². The Bertz CT molecular complexity index is 333. The van der Waals surface area contributed by atoms with Gasteiger partial charge in [0.05, 0.1) is 0 Å².